The number of likely N-dealkylation sites (tertiary alicyclic amines) is 1. The summed E-state index contributed by atoms with van der Waals surface area (Å²) in [7, 11) is 0. The number of alkyl halides is 3. The topological polar surface area (TPSA) is 49.4 Å². The van der Waals surface area contributed by atoms with Crippen molar-refractivity contribution in [1.29, 1.82) is 0 Å². The van der Waals surface area contributed by atoms with E-state index < -0.39 is 23.7 Å². The molecule has 4 nitrogen and oxygen atoms in total. The molecule has 1 N–H and O–H groups in total. The summed E-state index contributed by atoms with van der Waals surface area (Å²) >= 11 is 11.9. The lowest BCUT2D eigenvalue weighted by atomic mass is 10.0. The first-order chi connectivity index (χ1) is 13.6. The predicted octanol–water partition coefficient (Wildman–Crippen LogP) is 5.11. The summed E-state index contributed by atoms with van der Waals surface area (Å²) in [6.45, 7) is 0.558. The van der Waals surface area contributed by atoms with Crippen LogP contribution in [0.15, 0.2) is 42.5 Å². The molecule has 9 heteroatoms. The molecule has 2 aromatic rings. The minimum Gasteiger partial charge on any atom is -0.343 e. The third kappa shape index (κ3) is 5.22. The van der Waals surface area contributed by atoms with Gasteiger partial charge >= 0.3 is 6.18 Å². The third-order valence-electron chi connectivity index (χ3n) is 4.67. The smallest absolute Gasteiger partial charge is 0.343 e. The van der Waals surface area contributed by atoms with E-state index in [9.17, 15) is 22.8 Å². The molecule has 0 radical (unpaired) electrons. The van der Waals surface area contributed by atoms with E-state index in [1.807, 2.05) is 0 Å². The van der Waals surface area contributed by atoms with Crippen LogP contribution in [-0.4, -0.2) is 29.8 Å². The average molecular weight is 445 g/mol. The van der Waals surface area contributed by atoms with Crippen LogP contribution >= 0.6 is 23.2 Å². The summed E-state index contributed by atoms with van der Waals surface area (Å²) in [5.41, 5.74) is -0.440. The van der Waals surface area contributed by atoms with Crippen molar-refractivity contribution >= 4 is 35.0 Å². The number of hydrogen-bond acceptors (Lipinski definition) is 2. The van der Waals surface area contributed by atoms with Crippen LogP contribution in [0.3, 0.4) is 0 Å². The maximum atomic E-state index is 13.1. The molecule has 1 aliphatic rings. The molecule has 0 saturated carbocycles. The lowest BCUT2D eigenvalue weighted by Crippen LogP contribution is -2.38. The van der Waals surface area contributed by atoms with E-state index in [1.165, 1.54) is 35.2 Å². The van der Waals surface area contributed by atoms with Gasteiger partial charge in [-0.25, -0.2) is 0 Å². The summed E-state index contributed by atoms with van der Waals surface area (Å²) in [6.07, 6.45) is -3.47. The van der Waals surface area contributed by atoms with Crippen molar-refractivity contribution in [1.82, 2.24) is 10.2 Å². The summed E-state index contributed by atoms with van der Waals surface area (Å²) in [5, 5.41) is 3.18. The summed E-state index contributed by atoms with van der Waals surface area (Å²) in [4.78, 5) is 26.3. The number of benzene rings is 2. The highest BCUT2D eigenvalue weighted by molar-refractivity contribution is 6.36. The predicted molar refractivity (Wildman–Crippen MR) is 104 cm³/mol. The number of hydrogen-bond donors (Lipinski definition) is 1. The molecule has 1 heterocycles. The fraction of sp³-hybridized carbons (Fsp3) is 0.300. The van der Waals surface area contributed by atoms with Crippen molar-refractivity contribution < 1.29 is 22.8 Å². The second-order valence-corrected chi connectivity index (χ2v) is 7.56. The first-order valence-corrected chi connectivity index (χ1v) is 9.61. The Morgan fingerprint density at radius 2 is 1.93 bits per heavy atom. The molecule has 0 aromatic heterocycles. The Morgan fingerprint density at radius 1 is 1.17 bits per heavy atom. The first-order valence-electron chi connectivity index (χ1n) is 8.86. The highest BCUT2D eigenvalue weighted by Crippen LogP contribution is 2.31. The lowest BCUT2D eigenvalue weighted by Gasteiger charge is -2.26. The highest BCUT2D eigenvalue weighted by atomic mass is 35.5. The number of halogens is 5. The Balaban J connectivity index is 1.90. The summed E-state index contributed by atoms with van der Waals surface area (Å²) in [5.74, 6) is -0.665. The van der Waals surface area contributed by atoms with Gasteiger partial charge in [0.1, 0.15) is 0 Å². The molecule has 1 atom stereocenters. The van der Waals surface area contributed by atoms with Crippen LogP contribution in [0.5, 0.6) is 0 Å². The van der Waals surface area contributed by atoms with Crippen LogP contribution in [0.2, 0.25) is 10.0 Å². The van der Waals surface area contributed by atoms with E-state index in [-0.39, 0.29) is 28.6 Å². The molecule has 1 aliphatic heterocycles. The number of nitrogens with zero attached hydrogens (tertiary/aromatic N) is 1. The second kappa shape index (κ2) is 8.63. The second-order valence-electron chi connectivity index (χ2n) is 6.72. The molecule has 154 valence electrons. The monoisotopic (exact) mass is 444 g/mol. The zero-order valence-corrected chi connectivity index (χ0v) is 16.6. The normalized spacial score (nSPS) is 15.5. The van der Waals surface area contributed by atoms with Gasteiger partial charge in [-0.2, -0.15) is 13.2 Å². The van der Waals surface area contributed by atoms with Crippen molar-refractivity contribution in [3.8, 4) is 0 Å². The van der Waals surface area contributed by atoms with Crippen LogP contribution in [0, 0.1) is 0 Å². The van der Waals surface area contributed by atoms with Gasteiger partial charge in [0.25, 0.3) is 5.91 Å². The molecular weight excluding hydrogens is 428 g/mol. The van der Waals surface area contributed by atoms with Crippen LogP contribution in [0.4, 0.5) is 13.2 Å². The zero-order valence-electron chi connectivity index (χ0n) is 15.1. The molecule has 1 saturated heterocycles. The fourth-order valence-corrected chi connectivity index (χ4v) is 3.69. The van der Waals surface area contributed by atoms with Gasteiger partial charge in [-0.3, -0.25) is 9.59 Å². The summed E-state index contributed by atoms with van der Waals surface area (Å²) in [6, 6.07) is 8.20. The minimum absolute atomic E-state index is 0.0666. The van der Waals surface area contributed by atoms with E-state index >= 15 is 0 Å². The van der Waals surface area contributed by atoms with Crippen molar-refractivity contribution in [2.45, 2.75) is 25.1 Å². The molecule has 3 rings (SSSR count). The molecule has 2 aromatic carbocycles. The molecular formula is C20H17Cl2F3N2O2. The van der Waals surface area contributed by atoms with Gasteiger partial charge < -0.3 is 10.2 Å². The Hall–Kier alpha value is -2.25. The Labute approximate surface area is 175 Å². The van der Waals surface area contributed by atoms with E-state index in [0.717, 1.165) is 12.1 Å². The molecule has 2 amide bonds. The van der Waals surface area contributed by atoms with Crippen molar-refractivity contribution in [2.75, 3.05) is 13.1 Å². The van der Waals surface area contributed by atoms with Crippen LogP contribution < -0.4 is 5.32 Å². The maximum Gasteiger partial charge on any atom is 0.416 e. The molecule has 1 unspecified atom stereocenters. The SMILES string of the molecule is O=C(NC(CN1CCCC1=O)c1cccc(C(F)(F)F)c1)c1ccc(Cl)cc1Cl. The zero-order chi connectivity index (χ0) is 21.2. The highest BCUT2D eigenvalue weighted by Gasteiger charge is 2.32. The lowest BCUT2D eigenvalue weighted by molar-refractivity contribution is -0.137. The van der Waals surface area contributed by atoms with Crippen molar-refractivity contribution in [3.63, 3.8) is 0 Å². The van der Waals surface area contributed by atoms with Gasteiger partial charge in [0.2, 0.25) is 5.91 Å². The van der Waals surface area contributed by atoms with Crippen molar-refractivity contribution in [2.24, 2.45) is 0 Å². The van der Waals surface area contributed by atoms with Gasteiger partial charge in [-0.1, -0.05) is 35.3 Å². The minimum atomic E-state index is -4.52. The average Bonchev–Trinajstić information content (AvgIpc) is 3.05. The third-order valence-corrected chi connectivity index (χ3v) is 5.22. The Kier molecular flexibility index (Phi) is 6.39. The van der Waals surface area contributed by atoms with E-state index in [1.54, 1.807) is 0 Å². The van der Waals surface area contributed by atoms with E-state index in [2.05, 4.69) is 5.32 Å². The number of nitrogens with one attached hydrogen (secondary N) is 1. The number of rotatable bonds is 5. The molecule has 0 bridgehead atoms. The summed E-state index contributed by atoms with van der Waals surface area (Å²) < 4.78 is 39.4. The molecule has 29 heavy (non-hydrogen) atoms. The largest absolute Gasteiger partial charge is 0.416 e. The Bertz CT molecular complexity index is 934. The van der Waals surface area contributed by atoms with Crippen molar-refractivity contribution in [3.05, 3.63) is 69.2 Å². The van der Waals surface area contributed by atoms with E-state index in [4.69, 9.17) is 23.2 Å². The molecule has 0 spiro atoms. The molecule has 0 aliphatic carbocycles. The van der Waals surface area contributed by atoms with Crippen LogP contribution in [0.25, 0.3) is 0 Å². The standard InChI is InChI=1S/C20H17Cl2F3N2O2/c21-14-6-7-15(16(22)10-14)19(29)26-17(11-27-8-2-5-18(27)28)12-3-1-4-13(9-12)20(23,24)25/h1,3-4,6-7,9-10,17H,2,5,8,11H2,(H,26,29). The van der Waals surface area contributed by atoms with Gasteiger partial charge in [0.15, 0.2) is 0 Å². The van der Waals surface area contributed by atoms with Gasteiger partial charge in [-0.15, -0.1) is 0 Å². The van der Waals surface area contributed by atoms with E-state index in [0.29, 0.717) is 24.4 Å². The fourth-order valence-electron chi connectivity index (χ4n) is 3.19. The number of carbonyl (C=O) groups is 2. The maximum absolute atomic E-state index is 13.1. The van der Waals surface area contributed by atoms with Crippen LogP contribution in [-0.2, 0) is 11.0 Å². The number of carbonyl (C=O) groups excluding carboxylic acids is 2. The first kappa shape index (κ1) is 21.5. The number of amides is 2. The quantitative estimate of drug-likeness (QED) is 0.696. The van der Waals surface area contributed by atoms with Gasteiger partial charge in [-0.05, 0) is 42.3 Å². The Morgan fingerprint density at radius 3 is 2.55 bits per heavy atom. The van der Waals surface area contributed by atoms with Crippen LogP contribution in [0.1, 0.15) is 40.4 Å². The van der Waals surface area contributed by atoms with Gasteiger partial charge in [0, 0.05) is 24.5 Å². The molecule has 1 fully saturated rings. The van der Waals surface area contributed by atoms with Gasteiger partial charge in [0.05, 0.1) is 22.2 Å².